The smallest absolute Gasteiger partial charge is 0.231 e. The molecule has 0 fully saturated rings. The molecule has 3 N–H and O–H groups in total. The van der Waals surface area contributed by atoms with Crippen molar-refractivity contribution in [2.24, 2.45) is 0 Å². The molecule has 102 valence electrons. The van der Waals surface area contributed by atoms with Crippen molar-refractivity contribution in [1.82, 2.24) is 15.0 Å². The van der Waals surface area contributed by atoms with Gasteiger partial charge in [0.05, 0.1) is 0 Å². The van der Waals surface area contributed by atoms with E-state index in [0.29, 0.717) is 17.6 Å². The predicted molar refractivity (Wildman–Crippen MR) is 75.2 cm³/mol. The Morgan fingerprint density at radius 1 is 1.39 bits per heavy atom. The second kappa shape index (κ2) is 6.48. The average molecular weight is 272 g/mol. The van der Waals surface area contributed by atoms with E-state index in [1.807, 2.05) is 21.0 Å². The summed E-state index contributed by atoms with van der Waals surface area (Å²) < 4.78 is 11.0. The summed E-state index contributed by atoms with van der Waals surface area (Å²) in [6.07, 6.45) is 2.48. The molecule has 1 aromatic rings. The van der Waals surface area contributed by atoms with Crippen molar-refractivity contribution in [3.8, 4) is 0 Å². The van der Waals surface area contributed by atoms with Crippen LogP contribution in [0.3, 0.4) is 0 Å². The van der Waals surface area contributed by atoms with Crippen molar-refractivity contribution >= 4 is 28.6 Å². The van der Waals surface area contributed by atoms with Gasteiger partial charge >= 0.3 is 0 Å². The average Bonchev–Trinajstić information content (AvgIpc) is 2.25. The van der Waals surface area contributed by atoms with Gasteiger partial charge in [0, 0.05) is 42.9 Å². The summed E-state index contributed by atoms with van der Waals surface area (Å²) in [5, 5.41) is 3.13. The first-order valence-corrected chi connectivity index (χ1v) is 7.36. The number of hydrogen-bond donors (Lipinski definition) is 2. The molecule has 0 saturated carbocycles. The molecule has 0 aliphatic heterocycles. The van der Waals surface area contributed by atoms with E-state index < -0.39 is 10.8 Å². The zero-order valence-electron chi connectivity index (χ0n) is 11.2. The van der Waals surface area contributed by atoms with E-state index in [-0.39, 0.29) is 12.0 Å². The van der Waals surface area contributed by atoms with Gasteiger partial charge in [-0.15, -0.1) is 0 Å². The molecular weight excluding hydrogens is 252 g/mol. The van der Waals surface area contributed by atoms with Crippen LogP contribution in [0.5, 0.6) is 0 Å². The van der Waals surface area contributed by atoms with Crippen LogP contribution in [0.2, 0.25) is 0 Å². The SMILES string of the molecule is CC(CCS(C)=O)Nc1nc(N)nc(N(C)C)n1. The third kappa shape index (κ3) is 4.82. The fraction of sp³-hybridized carbons (Fsp3) is 0.700. The van der Waals surface area contributed by atoms with Gasteiger partial charge in [-0.25, -0.2) is 0 Å². The molecule has 1 heterocycles. The standard InChI is InChI=1S/C10H20N6OS/c1-7(5-6-18(4)17)12-9-13-8(11)14-10(15-9)16(2)3/h7H,5-6H2,1-4H3,(H3,11,12,13,14,15). The van der Waals surface area contributed by atoms with Crippen LogP contribution in [-0.4, -0.2) is 51.3 Å². The van der Waals surface area contributed by atoms with Crippen molar-refractivity contribution in [2.45, 2.75) is 19.4 Å². The molecular formula is C10H20N6OS. The lowest BCUT2D eigenvalue weighted by atomic mass is 10.3. The van der Waals surface area contributed by atoms with E-state index in [1.165, 1.54) is 0 Å². The third-order valence-electron chi connectivity index (χ3n) is 2.25. The molecule has 1 rings (SSSR count). The van der Waals surface area contributed by atoms with Crippen molar-refractivity contribution in [2.75, 3.05) is 42.1 Å². The molecule has 0 aliphatic rings. The molecule has 18 heavy (non-hydrogen) atoms. The molecule has 0 bridgehead atoms. The maximum atomic E-state index is 11.0. The summed E-state index contributed by atoms with van der Waals surface area (Å²) in [4.78, 5) is 14.0. The van der Waals surface area contributed by atoms with Crippen LogP contribution in [0.1, 0.15) is 13.3 Å². The number of nitrogens with two attached hydrogens (primary N) is 1. The summed E-state index contributed by atoms with van der Waals surface area (Å²) in [5.41, 5.74) is 5.62. The maximum absolute atomic E-state index is 11.0. The van der Waals surface area contributed by atoms with E-state index in [9.17, 15) is 4.21 Å². The molecule has 2 unspecified atom stereocenters. The molecule has 7 nitrogen and oxygen atoms in total. The zero-order chi connectivity index (χ0) is 13.7. The number of rotatable bonds is 6. The van der Waals surface area contributed by atoms with Crippen LogP contribution in [0.4, 0.5) is 17.8 Å². The zero-order valence-corrected chi connectivity index (χ0v) is 12.0. The van der Waals surface area contributed by atoms with Gasteiger partial charge in [-0.05, 0) is 13.3 Å². The van der Waals surface area contributed by atoms with Gasteiger partial charge in [-0.3, -0.25) is 4.21 Å². The quantitative estimate of drug-likeness (QED) is 0.757. The molecule has 2 atom stereocenters. The van der Waals surface area contributed by atoms with Crippen LogP contribution < -0.4 is 16.0 Å². The minimum atomic E-state index is -0.786. The fourth-order valence-corrected chi connectivity index (χ4v) is 1.97. The summed E-state index contributed by atoms with van der Waals surface area (Å²) in [6, 6.07) is 0.130. The van der Waals surface area contributed by atoms with Crippen LogP contribution in [0.25, 0.3) is 0 Å². The van der Waals surface area contributed by atoms with Gasteiger partial charge in [0.15, 0.2) is 0 Å². The van der Waals surface area contributed by atoms with Crippen molar-refractivity contribution in [3.05, 3.63) is 0 Å². The van der Waals surface area contributed by atoms with E-state index in [2.05, 4.69) is 20.3 Å². The Labute approximate surface area is 110 Å². The first-order chi connectivity index (χ1) is 8.38. The van der Waals surface area contributed by atoms with Gasteiger partial charge in [0.1, 0.15) is 0 Å². The lowest BCUT2D eigenvalue weighted by Crippen LogP contribution is -2.22. The molecule has 0 amide bonds. The third-order valence-corrected chi connectivity index (χ3v) is 3.07. The van der Waals surface area contributed by atoms with Crippen LogP contribution in [0, 0.1) is 0 Å². The van der Waals surface area contributed by atoms with E-state index in [1.54, 1.807) is 11.2 Å². The minimum absolute atomic E-state index is 0.130. The lowest BCUT2D eigenvalue weighted by Gasteiger charge is -2.15. The van der Waals surface area contributed by atoms with E-state index in [4.69, 9.17) is 5.73 Å². The first kappa shape index (κ1) is 14.6. The molecule has 1 aromatic heterocycles. The summed E-state index contributed by atoms with van der Waals surface area (Å²) in [7, 11) is 2.88. The Balaban J connectivity index is 2.69. The Bertz CT molecular complexity index is 425. The van der Waals surface area contributed by atoms with Crippen molar-refractivity contribution in [3.63, 3.8) is 0 Å². The predicted octanol–water partition coefficient (Wildman–Crippen LogP) is 0.0888. The minimum Gasteiger partial charge on any atom is -0.368 e. The fourth-order valence-electron chi connectivity index (χ4n) is 1.28. The molecule has 0 aliphatic carbocycles. The molecule has 0 spiro atoms. The highest BCUT2D eigenvalue weighted by atomic mass is 32.2. The normalized spacial score (nSPS) is 14.0. The van der Waals surface area contributed by atoms with Gasteiger partial charge < -0.3 is 16.0 Å². The monoisotopic (exact) mass is 272 g/mol. The molecule has 0 aromatic carbocycles. The highest BCUT2D eigenvalue weighted by Crippen LogP contribution is 2.10. The van der Waals surface area contributed by atoms with Gasteiger partial charge in [-0.1, -0.05) is 0 Å². The van der Waals surface area contributed by atoms with E-state index >= 15 is 0 Å². The number of nitrogens with one attached hydrogen (secondary N) is 1. The number of aromatic nitrogens is 3. The van der Waals surface area contributed by atoms with Crippen LogP contribution in [-0.2, 0) is 10.8 Å². The van der Waals surface area contributed by atoms with Crippen LogP contribution in [0.15, 0.2) is 0 Å². The highest BCUT2D eigenvalue weighted by Gasteiger charge is 2.09. The maximum Gasteiger partial charge on any atom is 0.231 e. The van der Waals surface area contributed by atoms with Crippen LogP contribution >= 0.6 is 0 Å². The Kier molecular flexibility index (Phi) is 5.26. The highest BCUT2D eigenvalue weighted by molar-refractivity contribution is 7.84. The van der Waals surface area contributed by atoms with Gasteiger partial charge in [-0.2, -0.15) is 15.0 Å². The summed E-state index contributed by atoms with van der Waals surface area (Å²) in [5.74, 6) is 1.79. The lowest BCUT2D eigenvalue weighted by molar-refractivity contribution is 0.677. The van der Waals surface area contributed by atoms with Crippen molar-refractivity contribution in [1.29, 1.82) is 0 Å². The Morgan fingerprint density at radius 2 is 2.06 bits per heavy atom. The Morgan fingerprint density at radius 3 is 2.61 bits per heavy atom. The van der Waals surface area contributed by atoms with E-state index in [0.717, 1.165) is 6.42 Å². The molecule has 0 saturated heterocycles. The summed E-state index contributed by atoms with van der Waals surface area (Å²) >= 11 is 0. The number of nitrogens with zero attached hydrogens (tertiary/aromatic N) is 4. The Hall–Kier alpha value is -1.44. The second-order valence-electron chi connectivity index (χ2n) is 4.32. The van der Waals surface area contributed by atoms with Gasteiger partial charge in [0.25, 0.3) is 0 Å². The van der Waals surface area contributed by atoms with Crippen molar-refractivity contribution < 1.29 is 4.21 Å². The van der Waals surface area contributed by atoms with Gasteiger partial charge in [0.2, 0.25) is 17.8 Å². The largest absolute Gasteiger partial charge is 0.368 e. The number of hydrogen-bond acceptors (Lipinski definition) is 7. The molecule has 0 radical (unpaired) electrons. The summed E-state index contributed by atoms with van der Waals surface area (Å²) in [6.45, 7) is 1.99. The first-order valence-electron chi connectivity index (χ1n) is 5.64. The molecule has 8 heteroatoms. The topological polar surface area (TPSA) is 97.0 Å². The number of nitrogen functional groups attached to an aromatic ring is 1. The second-order valence-corrected chi connectivity index (χ2v) is 5.88. The number of anilines is 3.